The maximum Gasteiger partial charge on any atom is 0.449 e. The quantitative estimate of drug-likeness (QED) is 0.207. The highest BCUT2D eigenvalue weighted by Gasteiger charge is 2.57. The van der Waals surface area contributed by atoms with Crippen LogP contribution in [0.2, 0.25) is 5.02 Å². The van der Waals surface area contributed by atoms with E-state index in [2.05, 4.69) is 25.3 Å². The zero-order valence-corrected chi connectivity index (χ0v) is 23.0. The lowest BCUT2D eigenvalue weighted by Gasteiger charge is -2.36. The molecule has 0 radical (unpaired) electrons. The summed E-state index contributed by atoms with van der Waals surface area (Å²) in [6, 6.07) is 10.3. The van der Waals surface area contributed by atoms with E-state index in [0.717, 1.165) is 21.5 Å². The van der Waals surface area contributed by atoms with Crippen LogP contribution in [0.15, 0.2) is 67.3 Å². The molecule has 0 aliphatic carbocycles. The fourth-order valence-electron chi connectivity index (χ4n) is 6.37. The molecule has 222 valence electrons. The Kier molecular flexibility index (Phi) is 6.92. The lowest BCUT2D eigenvalue weighted by molar-refractivity contribution is -0.147. The summed E-state index contributed by atoms with van der Waals surface area (Å²) < 4.78 is 62.5. The lowest BCUT2D eigenvalue weighted by atomic mass is 9.82. The zero-order valence-electron chi connectivity index (χ0n) is 22.3. The average Bonchev–Trinajstić information content (AvgIpc) is 3.51. The first kappa shape index (κ1) is 27.9. The van der Waals surface area contributed by atoms with Gasteiger partial charge in [0.1, 0.15) is 6.61 Å². The van der Waals surface area contributed by atoms with Crippen LogP contribution in [0.5, 0.6) is 6.01 Å². The number of aliphatic hydroxyl groups excluding tert-OH is 1. The summed E-state index contributed by atoms with van der Waals surface area (Å²) in [5.41, 5.74) is 1.57. The minimum Gasteiger partial charge on any atom is -0.462 e. The van der Waals surface area contributed by atoms with E-state index in [4.69, 9.17) is 16.3 Å². The monoisotopic (exact) mass is 613 g/mol. The average molecular weight is 614 g/mol. The zero-order chi connectivity index (χ0) is 29.9. The number of nitrogens with zero attached hydrogens (tertiary/aromatic N) is 6. The van der Waals surface area contributed by atoms with E-state index in [1.54, 1.807) is 18.3 Å². The fourth-order valence-corrected chi connectivity index (χ4v) is 6.66. The number of pyridine rings is 1. The number of hydrogen-bond donors (Lipinski definition) is 2. The van der Waals surface area contributed by atoms with E-state index >= 15 is 4.48 Å². The second-order valence-corrected chi connectivity index (χ2v) is 11.0. The van der Waals surface area contributed by atoms with Crippen LogP contribution in [0, 0.1) is 0 Å². The molecule has 2 aliphatic heterocycles. The number of rotatable bonds is 6. The van der Waals surface area contributed by atoms with Crippen molar-refractivity contribution in [1.29, 1.82) is 0 Å². The molecule has 2 N–H and O–H groups in total. The van der Waals surface area contributed by atoms with Gasteiger partial charge in [0, 0.05) is 53.0 Å². The van der Waals surface area contributed by atoms with Crippen LogP contribution in [-0.4, -0.2) is 66.1 Å². The molecule has 5 atom stereocenters. The third kappa shape index (κ3) is 4.76. The van der Waals surface area contributed by atoms with Crippen LogP contribution < -0.4 is 10.1 Å². The van der Waals surface area contributed by atoms with Gasteiger partial charge in [0.25, 0.3) is 0 Å². The van der Waals surface area contributed by atoms with Crippen molar-refractivity contribution in [2.45, 2.75) is 42.9 Å². The molecule has 5 aromatic rings. The van der Waals surface area contributed by atoms with Crippen molar-refractivity contribution in [2.75, 3.05) is 13.2 Å². The van der Waals surface area contributed by atoms with E-state index in [9.17, 15) is 18.3 Å². The highest BCUT2D eigenvalue weighted by Crippen LogP contribution is 2.49. The lowest BCUT2D eigenvalue weighted by Crippen LogP contribution is -2.52. The second-order valence-electron chi connectivity index (χ2n) is 10.6. The molecule has 3 aromatic heterocycles. The standard InChI is InChI=1S/C29H24ClF4N7O2/c30-18-6-2-4-15-3-1-5-16(21(15)18)22-25-24(37-14-20(26(22)42)41(25)34)23-17-13-35-8-7-19(17)38-28(39-23)43-12-11-40-10-9-36-27(40)29(31,32)33/h1-10,13,20,22,24-26,37,42H,11-12,14H2. The van der Waals surface area contributed by atoms with Crippen molar-refractivity contribution in [1.82, 2.24) is 34.9 Å². The van der Waals surface area contributed by atoms with Crippen LogP contribution in [0.25, 0.3) is 21.7 Å². The molecule has 0 spiro atoms. The second kappa shape index (κ2) is 10.7. The molecule has 2 saturated heterocycles. The molecule has 2 aromatic carbocycles. The maximum atomic E-state index is 16.1. The third-order valence-electron chi connectivity index (χ3n) is 8.20. The Morgan fingerprint density at radius 2 is 1.91 bits per heavy atom. The van der Waals surface area contributed by atoms with Crippen molar-refractivity contribution < 1.29 is 27.5 Å². The van der Waals surface area contributed by atoms with E-state index in [0.29, 0.717) is 32.3 Å². The van der Waals surface area contributed by atoms with Gasteiger partial charge in [-0.3, -0.25) is 4.98 Å². The summed E-state index contributed by atoms with van der Waals surface area (Å²) in [6.07, 6.45) is -0.261. The SMILES string of the molecule is OC1C(c2cccc3cccc(Cl)c23)C2C(c3nc(OCCn4ccnc4C(F)(F)F)nc4ccncc34)NCC1N2F. The summed E-state index contributed by atoms with van der Waals surface area (Å²) in [5.74, 6) is -1.71. The van der Waals surface area contributed by atoms with Gasteiger partial charge in [-0.1, -0.05) is 41.9 Å². The summed E-state index contributed by atoms with van der Waals surface area (Å²) >= 11 is 6.62. The van der Waals surface area contributed by atoms with Crippen molar-refractivity contribution in [3.63, 3.8) is 0 Å². The van der Waals surface area contributed by atoms with Crippen LogP contribution >= 0.6 is 11.6 Å². The number of alkyl halides is 3. The first-order valence-electron chi connectivity index (χ1n) is 13.6. The molecule has 2 bridgehead atoms. The number of hydrogen-bond acceptors (Lipinski definition) is 8. The van der Waals surface area contributed by atoms with Gasteiger partial charge in [-0.05, 0) is 23.1 Å². The van der Waals surface area contributed by atoms with Crippen molar-refractivity contribution >= 4 is 33.3 Å². The van der Waals surface area contributed by atoms with E-state index in [1.807, 2.05) is 30.3 Å². The molecular weight excluding hydrogens is 590 g/mol. The van der Waals surface area contributed by atoms with Crippen LogP contribution in [0.4, 0.5) is 17.7 Å². The molecule has 2 fully saturated rings. The van der Waals surface area contributed by atoms with Gasteiger partial charge in [0.05, 0.1) is 42.0 Å². The van der Waals surface area contributed by atoms with Gasteiger partial charge in [0.15, 0.2) is 0 Å². The van der Waals surface area contributed by atoms with Crippen LogP contribution in [0.3, 0.4) is 0 Å². The molecular formula is C29H24ClF4N7O2. The fraction of sp³-hybridized carbons (Fsp3) is 0.310. The third-order valence-corrected chi connectivity index (χ3v) is 8.51. The van der Waals surface area contributed by atoms with Gasteiger partial charge in [-0.2, -0.15) is 23.1 Å². The van der Waals surface area contributed by atoms with Crippen molar-refractivity contribution in [3.8, 4) is 6.01 Å². The smallest absolute Gasteiger partial charge is 0.449 e. The Bertz CT molecular complexity index is 1810. The number of halogens is 5. The van der Waals surface area contributed by atoms with Gasteiger partial charge in [0.2, 0.25) is 5.82 Å². The van der Waals surface area contributed by atoms with E-state index in [1.165, 1.54) is 12.4 Å². The summed E-state index contributed by atoms with van der Waals surface area (Å²) in [4.78, 5) is 16.6. The predicted octanol–water partition coefficient (Wildman–Crippen LogP) is 4.85. The molecule has 14 heteroatoms. The first-order chi connectivity index (χ1) is 20.7. The van der Waals surface area contributed by atoms with E-state index < -0.39 is 42.1 Å². The number of piperazine rings is 1. The maximum absolute atomic E-state index is 16.1. The molecule has 7 rings (SSSR count). The molecule has 2 aliphatic rings. The Morgan fingerprint density at radius 3 is 2.72 bits per heavy atom. The number of benzene rings is 2. The number of ether oxygens (including phenoxy) is 1. The highest BCUT2D eigenvalue weighted by atomic mass is 35.5. The highest BCUT2D eigenvalue weighted by molar-refractivity contribution is 6.35. The van der Waals surface area contributed by atoms with Crippen molar-refractivity contribution in [3.05, 3.63) is 89.4 Å². The topological polar surface area (TPSA) is 101 Å². The summed E-state index contributed by atoms with van der Waals surface area (Å²) in [6.45, 7) is -0.191. The molecule has 43 heavy (non-hydrogen) atoms. The molecule has 5 heterocycles. The van der Waals surface area contributed by atoms with Gasteiger partial charge < -0.3 is 19.7 Å². The number of aromatic nitrogens is 5. The van der Waals surface area contributed by atoms with Gasteiger partial charge in [-0.15, -0.1) is 9.60 Å². The number of imidazole rings is 1. The Hall–Kier alpha value is -3.91. The van der Waals surface area contributed by atoms with Gasteiger partial charge >= 0.3 is 12.2 Å². The minimum absolute atomic E-state index is 0.0833. The van der Waals surface area contributed by atoms with Crippen molar-refractivity contribution in [2.24, 2.45) is 0 Å². The number of aliphatic hydroxyl groups is 1. The number of nitrogens with one attached hydrogen (secondary N) is 1. The minimum atomic E-state index is -4.61. The molecule has 5 unspecified atom stereocenters. The Balaban J connectivity index is 1.26. The van der Waals surface area contributed by atoms with E-state index in [-0.39, 0.29) is 25.7 Å². The van der Waals surface area contributed by atoms with Crippen LogP contribution in [0.1, 0.15) is 29.0 Å². The molecule has 9 nitrogen and oxygen atoms in total. The van der Waals surface area contributed by atoms with Crippen LogP contribution in [-0.2, 0) is 12.7 Å². The molecule has 0 saturated carbocycles. The Labute approximate surface area is 247 Å². The largest absolute Gasteiger partial charge is 0.462 e. The molecule has 0 amide bonds. The van der Waals surface area contributed by atoms with Gasteiger partial charge in [-0.25, -0.2) is 4.98 Å². The first-order valence-corrected chi connectivity index (χ1v) is 14.0. The summed E-state index contributed by atoms with van der Waals surface area (Å²) in [5, 5.41) is 18.1. The normalized spacial score (nSPS) is 24.2. The summed E-state index contributed by atoms with van der Waals surface area (Å²) in [7, 11) is 0. The Morgan fingerprint density at radius 1 is 1.09 bits per heavy atom. The predicted molar refractivity (Wildman–Crippen MR) is 149 cm³/mol. The number of fused-ring (bicyclic) bond motifs is 4.